The Morgan fingerprint density at radius 2 is 1.48 bits per heavy atom. The number of rotatable bonds is 6. The van der Waals surface area contributed by atoms with Crippen molar-refractivity contribution in [3.05, 3.63) is 118 Å². The van der Waals surface area contributed by atoms with Crippen molar-refractivity contribution in [3.8, 4) is 11.4 Å². The van der Waals surface area contributed by atoms with Gasteiger partial charge in [-0.2, -0.15) is 5.10 Å². The van der Waals surface area contributed by atoms with Crippen LogP contribution in [0.25, 0.3) is 5.69 Å². The molecule has 164 valence electrons. The Morgan fingerprint density at radius 1 is 0.848 bits per heavy atom. The van der Waals surface area contributed by atoms with Crippen LogP contribution in [0.15, 0.2) is 107 Å². The van der Waals surface area contributed by atoms with Gasteiger partial charge in [0, 0.05) is 16.9 Å². The average molecular weight is 502 g/mol. The van der Waals surface area contributed by atoms with Crippen molar-refractivity contribution in [1.29, 1.82) is 0 Å². The molecule has 1 amide bonds. The molecule has 0 atom stereocenters. The molecular weight excluding hydrogens is 482 g/mol. The molecule has 4 aromatic rings. The van der Waals surface area contributed by atoms with Crippen molar-refractivity contribution in [2.45, 2.75) is 6.92 Å². The molecule has 0 aliphatic heterocycles. The number of ether oxygens (including phenoxy) is 1. The van der Waals surface area contributed by atoms with Gasteiger partial charge in [-0.3, -0.25) is 4.79 Å². The Kier molecular flexibility index (Phi) is 6.80. The number of nitrogens with zero attached hydrogens (tertiary/aromatic N) is 2. The smallest absolute Gasteiger partial charge is 0.344 e. The second-order valence-corrected chi connectivity index (χ2v) is 7.99. The Hall–Kier alpha value is -3.97. The van der Waals surface area contributed by atoms with Crippen LogP contribution in [0, 0.1) is 0 Å². The van der Waals surface area contributed by atoms with Gasteiger partial charge < -0.3 is 9.30 Å². The number of aromatic nitrogens is 1. The lowest BCUT2D eigenvalue weighted by Gasteiger charge is -2.10. The summed E-state index contributed by atoms with van der Waals surface area (Å²) >= 11 is 3.35. The zero-order chi connectivity index (χ0) is 23.2. The zero-order valence-corrected chi connectivity index (χ0v) is 19.3. The lowest BCUT2D eigenvalue weighted by molar-refractivity contribution is 0.0733. The summed E-state index contributed by atoms with van der Waals surface area (Å²) in [5.41, 5.74) is 5.75. The fourth-order valence-electron chi connectivity index (χ4n) is 3.20. The van der Waals surface area contributed by atoms with Crippen molar-refractivity contribution >= 4 is 33.5 Å². The molecule has 1 heterocycles. The third-order valence-corrected chi connectivity index (χ3v) is 5.62. The molecule has 7 heteroatoms. The van der Waals surface area contributed by atoms with E-state index < -0.39 is 5.97 Å². The number of amides is 1. The van der Waals surface area contributed by atoms with Crippen molar-refractivity contribution in [2.75, 3.05) is 0 Å². The van der Waals surface area contributed by atoms with Gasteiger partial charge in [-0.05, 0) is 89.1 Å². The quantitative estimate of drug-likeness (QED) is 0.161. The summed E-state index contributed by atoms with van der Waals surface area (Å²) in [7, 11) is 0. The molecule has 0 saturated carbocycles. The van der Waals surface area contributed by atoms with Crippen LogP contribution >= 0.6 is 15.9 Å². The highest BCUT2D eigenvalue weighted by Crippen LogP contribution is 2.20. The summed E-state index contributed by atoms with van der Waals surface area (Å²) in [5.74, 6) is -0.344. The van der Waals surface area contributed by atoms with Gasteiger partial charge in [-0.1, -0.05) is 24.3 Å². The van der Waals surface area contributed by atoms with Crippen LogP contribution in [0.4, 0.5) is 0 Å². The minimum absolute atomic E-state index is 0.308. The van der Waals surface area contributed by atoms with Crippen LogP contribution in [-0.4, -0.2) is 22.2 Å². The number of carbonyl (C=O) groups is 2. The maximum absolute atomic E-state index is 12.7. The van der Waals surface area contributed by atoms with E-state index in [1.807, 2.05) is 53.4 Å². The fourth-order valence-corrected chi connectivity index (χ4v) is 3.64. The van der Waals surface area contributed by atoms with E-state index in [9.17, 15) is 9.59 Å². The Morgan fingerprint density at radius 3 is 2.18 bits per heavy atom. The number of halogens is 1. The molecule has 1 aromatic heterocycles. The molecule has 0 spiro atoms. The number of para-hydroxylation sites is 1. The maximum atomic E-state index is 12.7. The van der Waals surface area contributed by atoms with Crippen LogP contribution in [0.5, 0.6) is 5.75 Å². The molecule has 0 aliphatic rings. The largest absolute Gasteiger partial charge is 0.423 e. The minimum Gasteiger partial charge on any atom is -0.423 e. The number of nitrogens with one attached hydrogen (secondary N) is 1. The van der Waals surface area contributed by atoms with E-state index in [1.165, 1.54) is 0 Å². The number of hydrogen-bond acceptors (Lipinski definition) is 4. The molecule has 4 rings (SSSR count). The van der Waals surface area contributed by atoms with Gasteiger partial charge in [0.15, 0.2) is 0 Å². The molecule has 33 heavy (non-hydrogen) atoms. The van der Waals surface area contributed by atoms with Crippen LogP contribution < -0.4 is 10.2 Å². The van der Waals surface area contributed by atoms with E-state index in [-0.39, 0.29) is 5.91 Å². The third kappa shape index (κ3) is 5.27. The number of hydrazone groups is 1. The van der Waals surface area contributed by atoms with Crippen molar-refractivity contribution in [3.63, 3.8) is 0 Å². The van der Waals surface area contributed by atoms with E-state index in [0.29, 0.717) is 27.1 Å². The highest BCUT2D eigenvalue weighted by atomic mass is 79.9. The van der Waals surface area contributed by atoms with Gasteiger partial charge in [0.25, 0.3) is 5.91 Å². The number of carbonyl (C=O) groups excluding carboxylic acids is 2. The molecule has 0 radical (unpaired) electrons. The van der Waals surface area contributed by atoms with E-state index in [4.69, 9.17) is 4.74 Å². The van der Waals surface area contributed by atoms with E-state index in [2.05, 4.69) is 26.5 Å². The first-order valence-corrected chi connectivity index (χ1v) is 11.0. The zero-order valence-electron chi connectivity index (χ0n) is 17.7. The van der Waals surface area contributed by atoms with Gasteiger partial charge in [0.1, 0.15) is 5.75 Å². The fraction of sp³-hybridized carbons (Fsp3) is 0.0385. The van der Waals surface area contributed by atoms with Gasteiger partial charge in [-0.25, -0.2) is 10.2 Å². The summed E-state index contributed by atoms with van der Waals surface area (Å²) in [6, 6.07) is 25.1. The normalized spacial score (nSPS) is 11.2. The molecule has 0 unspecified atom stereocenters. The second-order valence-electron chi connectivity index (χ2n) is 7.14. The number of esters is 1. The molecule has 0 saturated heterocycles. The predicted octanol–water partition coefficient (Wildman–Crippen LogP) is 5.61. The number of hydrogen-bond donors (Lipinski definition) is 1. The monoisotopic (exact) mass is 501 g/mol. The van der Waals surface area contributed by atoms with E-state index in [0.717, 1.165) is 11.3 Å². The van der Waals surface area contributed by atoms with Crippen molar-refractivity contribution in [1.82, 2.24) is 9.99 Å². The Bertz CT molecular complexity index is 1310. The highest BCUT2D eigenvalue weighted by Gasteiger charge is 2.13. The first-order chi connectivity index (χ1) is 16.0. The van der Waals surface area contributed by atoms with Crippen LogP contribution in [0.2, 0.25) is 0 Å². The average Bonchev–Trinajstić information content (AvgIpc) is 3.38. The van der Waals surface area contributed by atoms with Crippen molar-refractivity contribution < 1.29 is 14.3 Å². The van der Waals surface area contributed by atoms with Crippen LogP contribution in [0.1, 0.15) is 33.2 Å². The van der Waals surface area contributed by atoms with E-state index in [1.54, 1.807) is 55.5 Å². The molecule has 1 N–H and O–H groups in total. The topological polar surface area (TPSA) is 72.7 Å². The molecule has 0 aliphatic carbocycles. The third-order valence-electron chi connectivity index (χ3n) is 4.93. The SMILES string of the molecule is C/C(=N\NC(=O)c1ccccc1-n1cccc1)c1ccc(OC(=O)c2ccccc2Br)cc1. The number of benzene rings is 3. The first-order valence-electron chi connectivity index (χ1n) is 10.2. The summed E-state index contributed by atoms with van der Waals surface area (Å²) < 4.78 is 7.98. The van der Waals surface area contributed by atoms with Crippen LogP contribution in [-0.2, 0) is 0 Å². The molecule has 0 fully saturated rings. The lowest BCUT2D eigenvalue weighted by Crippen LogP contribution is -2.21. The highest BCUT2D eigenvalue weighted by molar-refractivity contribution is 9.10. The van der Waals surface area contributed by atoms with Gasteiger partial charge in [-0.15, -0.1) is 0 Å². The molecule has 3 aromatic carbocycles. The Labute approximate surface area is 199 Å². The maximum Gasteiger partial charge on any atom is 0.344 e. The second kappa shape index (κ2) is 10.1. The summed E-state index contributed by atoms with van der Waals surface area (Å²) in [6.45, 7) is 1.79. The molecule has 6 nitrogen and oxygen atoms in total. The minimum atomic E-state index is -0.450. The van der Waals surface area contributed by atoms with Crippen molar-refractivity contribution in [2.24, 2.45) is 5.10 Å². The van der Waals surface area contributed by atoms with Crippen LogP contribution in [0.3, 0.4) is 0 Å². The summed E-state index contributed by atoms with van der Waals surface area (Å²) in [5, 5.41) is 4.24. The summed E-state index contributed by atoms with van der Waals surface area (Å²) in [4.78, 5) is 25.1. The Balaban J connectivity index is 1.43. The van der Waals surface area contributed by atoms with Gasteiger partial charge in [0.2, 0.25) is 0 Å². The van der Waals surface area contributed by atoms with Gasteiger partial charge >= 0.3 is 5.97 Å². The standard InChI is InChI=1S/C26H20BrN3O3/c1-18(28-29-25(31)22-9-3-5-11-24(22)30-16-6-7-17-30)19-12-14-20(15-13-19)33-26(32)21-8-2-4-10-23(21)27/h2-17H,1H3,(H,29,31)/b28-18+. The van der Waals surface area contributed by atoms with E-state index >= 15 is 0 Å². The molecule has 0 bridgehead atoms. The first kappa shape index (κ1) is 22.2. The molecular formula is C26H20BrN3O3. The summed E-state index contributed by atoms with van der Waals surface area (Å²) in [6.07, 6.45) is 3.76. The van der Waals surface area contributed by atoms with Gasteiger partial charge in [0.05, 0.1) is 22.5 Å². The lowest BCUT2D eigenvalue weighted by atomic mass is 10.1. The predicted molar refractivity (Wildman–Crippen MR) is 131 cm³/mol.